The SMILES string of the molecule is OC1CCC(F)[CH]C1Cl. The highest BCUT2D eigenvalue weighted by Crippen LogP contribution is 2.24. The summed E-state index contributed by atoms with van der Waals surface area (Å²) in [7, 11) is 0. The maximum absolute atomic E-state index is 12.4. The molecule has 1 N–H and O–H groups in total. The van der Waals surface area contributed by atoms with Crippen LogP contribution in [0.4, 0.5) is 4.39 Å². The molecule has 1 saturated carbocycles. The van der Waals surface area contributed by atoms with Crippen LogP contribution < -0.4 is 0 Å². The van der Waals surface area contributed by atoms with Crippen molar-refractivity contribution in [1.82, 2.24) is 0 Å². The molecule has 0 bridgehead atoms. The van der Waals surface area contributed by atoms with Crippen LogP contribution in [0, 0.1) is 6.42 Å². The van der Waals surface area contributed by atoms with E-state index in [1.54, 1.807) is 0 Å². The predicted molar refractivity (Wildman–Crippen MR) is 34.1 cm³/mol. The third-order valence-corrected chi connectivity index (χ3v) is 1.93. The number of aliphatic hydroxyl groups is 1. The first-order chi connectivity index (χ1) is 4.20. The van der Waals surface area contributed by atoms with Gasteiger partial charge in [0.1, 0.15) is 6.17 Å². The minimum atomic E-state index is -0.920. The smallest absolute Gasteiger partial charge is 0.105 e. The molecule has 3 atom stereocenters. The molecule has 1 nitrogen and oxygen atoms in total. The van der Waals surface area contributed by atoms with E-state index in [9.17, 15) is 4.39 Å². The molecule has 0 aromatic rings. The monoisotopic (exact) mass is 151 g/mol. The average Bonchev–Trinajstić information content (AvgIpc) is 1.80. The van der Waals surface area contributed by atoms with E-state index in [1.807, 2.05) is 0 Å². The molecule has 0 aliphatic heterocycles. The molecular weight excluding hydrogens is 143 g/mol. The summed E-state index contributed by atoms with van der Waals surface area (Å²) in [4.78, 5) is 0. The number of hydrogen-bond donors (Lipinski definition) is 1. The van der Waals surface area contributed by atoms with Gasteiger partial charge in [-0.05, 0) is 12.8 Å². The van der Waals surface area contributed by atoms with Crippen LogP contribution in [0.25, 0.3) is 0 Å². The van der Waals surface area contributed by atoms with E-state index in [0.29, 0.717) is 12.8 Å². The van der Waals surface area contributed by atoms with E-state index >= 15 is 0 Å². The number of rotatable bonds is 0. The number of hydrogen-bond acceptors (Lipinski definition) is 1. The first-order valence-electron chi connectivity index (χ1n) is 3.01. The van der Waals surface area contributed by atoms with Gasteiger partial charge in [0.2, 0.25) is 0 Å². The van der Waals surface area contributed by atoms with Crippen LogP contribution in [0.2, 0.25) is 0 Å². The van der Waals surface area contributed by atoms with Gasteiger partial charge in [0.05, 0.1) is 11.5 Å². The molecule has 0 saturated heterocycles. The Kier molecular flexibility index (Phi) is 2.30. The third-order valence-electron chi connectivity index (χ3n) is 1.50. The molecule has 1 fully saturated rings. The van der Waals surface area contributed by atoms with Crippen LogP contribution in [-0.4, -0.2) is 22.8 Å². The van der Waals surface area contributed by atoms with Gasteiger partial charge in [-0.3, -0.25) is 0 Å². The minimum absolute atomic E-state index is 0.407. The van der Waals surface area contributed by atoms with Crippen LogP contribution in [-0.2, 0) is 0 Å². The Labute approximate surface area is 58.8 Å². The summed E-state index contributed by atoms with van der Waals surface area (Å²) in [5.74, 6) is 0. The first kappa shape index (κ1) is 7.29. The molecule has 0 aromatic heterocycles. The zero-order valence-corrected chi connectivity index (χ0v) is 5.68. The van der Waals surface area contributed by atoms with Gasteiger partial charge in [-0.2, -0.15) is 0 Å². The second-order valence-corrected chi connectivity index (χ2v) is 2.80. The molecule has 53 valence electrons. The van der Waals surface area contributed by atoms with Gasteiger partial charge in [0.25, 0.3) is 0 Å². The average molecular weight is 152 g/mol. The Hall–Kier alpha value is 0.180. The minimum Gasteiger partial charge on any atom is -0.392 e. The van der Waals surface area contributed by atoms with Gasteiger partial charge in [-0.1, -0.05) is 0 Å². The van der Waals surface area contributed by atoms with Crippen molar-refractivity contribution in [3.63, 3.8) is 0 Å². The number of alkyl halides is 2. The van der Waals surface area contributed by atoms with Crippen LogP contribution in [0.1, 0.15) is 12.8 Å². The Bertz CT molecular complexity index is 99.1. The van der Waals surface area contributed by atoms with E-state index in [-0.39, 0.29) is 0 Å². The fourth-order valence-corrected chi connectivity index (χ4v) is 1.20. The lowest BCUT2D eigenvalue weighted by Gasteiger charge is -2.24. The standard InChI is InChI=1S/C6H9ClFO/c7-5-3-4(8)1-2-6(5)9/h3-6,9H,1-2H2. The largest absolute Gasteiger partial charge is 0.392 e. The molecule has 9 heavy (non-hydrogen) atoms. The van der Waals surface area contributed by atoms with E-state index in [4.69, 9.17) is 16.7 Å². The van der Waals surface area contributed by atoms with Crippen molar-refractivity contribution < 1.29 is 9.50 Å². The van der Waals surface area contributed by atoms with E-state index < -0.39 is 17.7 Å². The molecular formula is C6H9ClFO. The van der Waals surface area contributed by atoms with Crippen molar-refractivity contribution in [3.8, 4) is 0 Å². The lowest BCUT2D eigenvalue weighted by Crippen LogP contribution is -2.31. The summed E-state index contributed by atoms with van der Waals surface area (Å²) in [6.45, 7) is 0. The van der Waals surface area contributed by atoms with Gasteiger partial charge in [-0.15, -0.1) is 11.6 Å². The van der Waals surface area contributed by atoms with Gasteiger partial charge in [0.15, 0.2) is 0 Å². The van der Waals surface area contributed by atoms with E-state index in [0.717, 1.165) is 0 Å². The van der Waals surface area contributed by atoms with Crippen LogP contribution in [0.3, 0.4) is 0 Å². The van der Waals surface area contributed by atoms with Crippen molar-refractivity contribution >= 4 is 11.6 Å². The van der Waals surface area contributed by atoms with Crippen molar-refractivity contribution in [2.75, 3.05) is 0 Å². The quantitative estimate of drug-likeness (QED) is 0.518. The summed E-state index contributed by atoms with van der Waals surface area (Å²) in [6, 6.07) is 0. The molecule has 1 rings (SSSR count). The molecule has 3 heteroatoms. The molecule has 0 spiro atoms. The van der Waals surface area contributed by atoms with Crippen LogP contribution in [0.15, 0.2) is 0 Å². The molecule has 1 radical (unpaired) electrons. The highest BCUT2D eigenvalue weighted by atomic mass is 35.5. The Morgan fingerprint density at radius 2 is 2.22 bits per heavy atom. The number of halogens is 2. The second kappa shape index (κ2) is 2.84. The Morgan fingerprint density at radius 1 is 1.56 bits per heavy atom. The normalized spacial score (nSPS) is 45.0. The van der Waals surface area contributed by atoms with Crippen molar-refractivity contribution in [1.29, 1.82) is 0 Å². The van der Waals surface area contributed by atoms with Gasteiger partial charge in [-0.25, -0.2) is 4.39 Å². The molecule has 1 aliphatic carbocycles. The Balaban J connectivity index is 2.35. The summed E-state index contributed by atoms with van der Waals surface area (Å²) >= 11 is 5.52. The molecule has 0 heterocycles. The van der Waals surface area contributed by atoms with Crippen LogP contribution in [0.5, 0.6) is 0 Å². The Morgan fingerprint density at radius 3 is 2.67 bits per heavy atom. The van der Waals surface area contributed by atoms with E-state index in [2.05, 4.69) is 0 Å². The highest BCUT2D eigenvalue weighted by molar-refractivity contribution is 6.22. The number of aliphatic hydroxyl groups excluding tert-OH is 1. The highest BCUT2D eigenvalue weighted by Gasteiger charge is 2.27. The predicted octanol–water partition coefficient (Wildman–Crippen LogP) is 1.29. The van der Waals surface area contributed by atoms with Crippen molar-refractivity contribution in [2.45, 2.75) is 30.5 Å². The zero-order chi connectivity index (χ0) is 6.85. The summed E-state index contributed by atoms with van der Waals surface area (Å²) < 4.78 is 12.4. The maximum Gasteiger partial charge on any atom is 0.105 e. The lowest BCUT2D eigenvalue weighted by atomic mass is 9.96. The summed E-state index contributed by atoms with van der Waals surface area (Å²) in [6.07, 6.45) is 0.765. The van der Waals surface area contributed by atoms with Crippen LogP contribution >= 0.6 is 11.6 Å². The summed E-state index contributed by atoms with van der Waals surface area (Å²) in [5, 5.41) is 8.47. The summed E-state index contributed by atoms with van der Waals surface area (Å²) in [5.41, 5.74) is 0. The maximum atomic E-state index is 12.4. The second-order valence-electron chi connectivity index (χ2n) is 2.30. The van der Waals surface area contributed by atoms with E-state index in [1.165, 1.54) is 6.42 Å². The first-order valence-corrected chi connectivity index (χ1v) is 3.45. The fourth-order valence-electron chi connectivity index (χ4n) is 0.913. The van der Waals surface area contributed by atoms with Gasteiger partial charge >= 0.3 is 0 Å². The fraction of sp³-hybridized carbons (Fsp3) is 0.833. The third kappa shape index (κ3) is 1.80. The van der Waals surface area contributed by atoms with Crippen molar-refractivity contribution in [2.24, 2.45) is 0 Å². The topological polar surface area (TPSA) is 20.2 Å². The lowest BCUT2D eigenvalue weighted by molar-refractivity contribution is 0.126. The molecule has 3 unspecified atom stereocenters. The molecule has 1 aliphatic rings. The van der Waals surface area contributed by atoms with Crippen molar-refractivity contribution in [3.05, 3.63) is 6.42 Å². The molecule has 0 aromatic carbocycles. The molecule has 0 amide bonds. The van der Waals surface area contributed by atoms with Gasteiger partial charge in [0, 0.05) is 6.42 Å². The zero-order valence-electron chi connectivity index (χ0n) is 4.93. The van der Waals surface area contributed by atoms with Gasteiger partial charge < -0.3 is 5.11 Å².